The molecular formula is C30H47N3O7Si2. The van der Waals surface area contributed by atoms with Crippen LogP contribution in [0.15, 0.2) is 42.2 Å². The Balaban J connectivity index is 2.49. The van der Waals surface area contributed by atoms with Gasteiger partial charge in [0.1, 0.15) is 18.1 Å². The molecule has 0 aliphatic carbocycles. The van der Waals surface area contributed by atoms with Crippen molar-refractivity contribution >= 4 is 45.9 Å². The second-order valence-electron chi connectivity index (χ2n) is 14.1. The number of carbonyl (C=O) groups excluding carboxylic acids is 2. The largest absolute Gasteiger partial charge is 0.543 e. The summed E-state index contributed by atoms with van der Waals surface area (Å²) in [6, 6.07) is 8.13. The van der Waals surface area contributed by atoms with Crippen molar-refractivity contribution in [2.45, 2.75) is 91.0 Å². The van der Waals surface area contributed by atoms with E-state index < -0.39 is 33.0 Å². The van der Waals surface area contributed by atoms with E-state index in [1.54, 1.807) is 32.9 Å². The van der Waals surface area contributed by atoms with E-state index in [4.69, 9.17) is 13.9 Å². The third-order valence-corrected chi connectivity index (χ3v) is 12.9. The maximum atomic E-state index is 13.3. The van der Waals surface area contributed by atoms with E-state index >= 15 is 0 Å². The van der Waals surface area contributed by atoms with Gasteiger partial charge in [-0.15, -0.1) is 0 Å². The molecule has 0 saturated heterocycles. The van der Waals surface area contributed by atoms with Crippen molar-refractivity contribution in [2.24, 2.45) is 0 Å². The van der Waals surface area contributed by atoms with Crippen LogP contribution in [-0.4, -0.2) is 62.2 Å². The Morgan fingerprint density at radius 2 is 1.71 bits per heavy atom. The number of nitrogens with zero attached hydrogens (tertiary/aromatic N) is 3. The average molecular weight is 618 g/mol. The summed E-state index contributed by atoms with van der Waals surface area (Å²) in [5, 5.41) is 12.6. The van der Waals surface area contributed by atoms with Gasteiger partial charge in [0.05, 0.1) is 22.3 Å². The lowest BCUT2D eigenvalue weighted by Crippen LogP contribution is -2.43. The molecule has 0 spiro atoms. The van der Waals surface area contributed by atoms with Gasteiger partial charge in [0.2, 0.25) is 14.7 Å². The summed E-state index contributed by atoms with van der Waals surface area (Å²) < 4.78 is 19.1. The van der Waals surface area contributed by atoms with Crippen molar-refractivity contribution in [3.8, 4) is 5.75 Å². The molecule has 0 aliphatic rings. The minimum atomic E-state index is -2.11. The van der Waals surface area contributed by atoms with Crippen LogP contribution in [0.2, 0.25) is 43.8 Å². The fraction of sp³-hybridized carbons (Fsp3) is 0.533. The molecule has 1 amide bonds. The molecule has 10 nitrogen and oxygen atoms in total. The third-order valence-electron chi connectivity index (χ3n) is 6.86. The van der Waals surface area contributed by atoms with E-state index in [-0.39, 0.29) is 17.5 Å². The molecule has 0 N–H and O–H groups in total. The Labute approximate surface area is 251 Å². The van der Waals surface area contributed by atoms with Crippen LogP contribution in [0.1, 0.15) is 47.2 Å². The average Bonchev–Trinajstić information content (AvgIpc) is 3.17. The lowest BCUT2D eigenvalue weighted by molar-refractivity contribution is -0.419. The number of carbonyl (C=O) groups is 2. The highest BCUT2D eigenvalue weighted by atomic mass is 28.4. The van der Waals surface area contributed by atoms with Crippen LogP contribution >= 0.6 is 0 Å². The molecule has 2 rings (SSSR count). The first-order valence-electron chi connectivity index (χ1n) is 14.0. The highest BCUT2D eigenvalue weighted by molar-refractivity contribution is 6.76. The lowest BCUT2D eigenvalue weighted by Gasteiger charge is -2.36. The quantitative estimate of drug-likeness (QED) is 0.0456. The molecule has 0 atom stereocenters. The monoisotopic (exact) mass is 617 g/mol. The molecule has 1 heterocycles. The first-order chi connectivity index (χ1) is 19.1. The number of ether oxygens (including phenoxy) is 2. The summed E-state index contributed by atoms with van der Waals surface area (Å²) >= 11 is 0. The molecule has 0 saturated carbocycles. The van der Waals surface area contributed by atoms with Crippen LogP contribution in [0.5, 0.6) is 5.75 Å². The molecule has 0 radical (unpaired) electrons. The number of rotatable bonds is 12. The topological polar surface area (TPSA) is 113 Å². The zero-order valence-electron chi connectivity index (χ0n) is 26.9. The van der Waals surface area contributed by atoms with Crippen LogP contribution in [-0.2, 0) is 14.3 Å². The number of nitro groups is 1. The Hall–Kier alpha value is -3.23. The smallest absolute Gasteiger partial charge is 0.419 e. The van der Waals surface area contributed by atoms with E-state index in [0.717, 1.165) is 17.1 Å². The summed E-state index contributed by atoms with van der Waals surface area (Å²) in [5.74, 6) is 0.688. The van der Waals surface area contributed by atoms with Crippen molar-refractivity contribution in [2.75, 3.05) is 13.3 Å². The van der Waals surface area contributed by atoms with Crippen LogP contribution < -0.4 is 4.43 Å². The zero-order chi connectivity index (χ0) is 32.1. The minimum absolute atomic E-state index is 0.00166. The van der Waals surface area contributed by atoms with Crippen molar-refractivity contribution in [1.29, 1.82) is 0 Å². The van der Waals surface area contributed by atoms with Gasteiger partial charge in [0.25, 0.3) is 5.70 Å². The van der Waals surface area contributed by atoms with Gasteiger partial charge in [-0.3, -0.25) is 19.8 Å². The van der Waals surface area contributed by atoms with Gasteiger partial charge in [0.15, 0.2) is 0 Å². The van der Waals surface area contributed by atoms with E-state index in [1.165, 1.54) is 16.7 Å². The summed E-state index contributed by atoms with van der Waals surface area (Å²) in [6.07, 6.45) is 3.69. The maximum absolute atomic E-state index is 13.3. The van der Waals surface area contributed by atoms with Crippen molar-refractivity contribution in [1.82, 2.24) is 9.47 Å². The Kier molecular flexibility index (Phi) is 11.1. The number of fused-ring (bicyclic) bond motifs is 1. The number of amides is 1. The van der Waals surface area contributed by atoms with E-state index in [0.29, 0.717) is 35.4 Å². The van der Waals surface area contributed by atoms with Crippen LogP contribution in [0, 0.1) is 10.1 Å². The molecule has 0 fully saturated rings. The zero-order valence-corrected chi connectivity index (χ0v) is 28.9. The highest BCUT2D eigenvalue weighted by Gasteiger charge is 2.39. The maximum Gasteiger partial charge on any atom is 0.419 e. The van der Waals surface area contributed by atoms with E-state index in [9.17, 15) is 19.7 Å². The molecule has 2 aromatic rings. The van der Waals surface area contributed by atoms with Crippen LogP contribution in [0.4, 0.5) is 4.79 Å². The molecule has 0 aliphatic heterocycles. The summed E-state index contributed by atoms with van der Waals surface area (Å²) in [7, 11) is -3.43. The van der Waals surface area contributed by atoms with Crippen molar-refractivity contribution in [3.05, 3.63) is 58.0 Å². The van der Waals surface area contributed by atoms with Gasteiger partial charge in [-0.25, -0.2) is 9.36 Å². The van der Waals surface area contributed by atoms with Gasteiger partial charge in [-0.1, -0.05) is 40.4 Å². The fourth-order valence-electron chi connectivity index (χ4n) is 3.50. The van der Waals surface area contributed by atoms with Crippen molar-refractivity contribution in [3.63, 3.8) is 0 Å². The molecule has 232 valence electrons. The second-order valence-corrected chi connectivity index (χ2v) is 24.4. The first kappa shape index (κ1) is 35.0. The standard InChI is InChI=1S/C30H47N3O7Si2/c1-29(2,3)39-28(35)32-24(18-23-19-26(14-15-27(23)32)40-42(10,11)30(4,5)6)12-13-25(33(36)37)20-31(21-34)22-38-16-17-41(7,8)9/h12-15,18-21H,16-17,22H2,1-11H3/b13-12+,25-20+. The molecule has 1 aromatic heterocycles. The predicted molar refractivity (Wildman–Crippen MR) is 172 cm³/mol. The molecule has 0 unspecified atom stereocenters. The summed E-state index contributed by atoms with van der Waals surface area (Å²) in [6.45, 7) is 23.1. The SMILES string of the molecule is CC(C)(C)OC(=O)n1c(/C=C/C(=C\N(C=O)COCC[Si](C)(C)C)[N+](=O)[O-])cc2cc(O[Si](C)(C)C(C)(C)C)ccc21. The van der Waals surface area contributed by atoms with E-state index in [1.807, 2.05) is 12.1 Å². The van der Waals surface area contributed by atoms with Gasteiger partial charge in [0, 0.05) is 26.1 Å². The molecule has 1 aromatic carbocycles. The fourth-order valence-corrected chi connectivity index (χ4v) is 5.28. The van der Waals surface area contributed by atoms with Gasteiger partial charge >= 0.3 is 6.09 Å². The molecule has 12 heteroatoms. The highest BCUT2D eigenvalue weighted by Crippen LogP contribution is 2.38. The molecule has 42 heavy (non-hydrogen) atoms. The normalized spacial score (nSPS) is 13.5. The minimum Gasteiger partial charge on any atom is -0.543 e. The molecule has 0 bridgehead atoms. The third kappa shape index (κ3) is 10.2. The number of aromatic nitrogens is 1. The van der Waals surface area contributed by atoms with Crippen LogP contribution in [0.3, 0.4) is 0 Å². The lowest BCUT2D eigenvalue weighted by atomic mass is 10.2. The van der Waals surface area contributed by atoms with Gasteiger partial charge in [-0.2, -0.15) is 0 Å². The Bertz CT molecular complexity index is 1340. The summed E-state index contributed by atoms with van der Waals surface area (Å²) in [4.78, 5) is 37.2. The van der Waals surface area contributed by atoms with Gasteiger partial charge in [-0.05, 0) is 75.3 Å². The number of hydrogen-bond donors (Lipinski definition) is 0. The Morgan fingerprint density at radius 1 is 1.07 bits per heavy atom. The number of allylic oxidation sites excluding steroid dienone is 1. The first-order valence-corrected chi connectivity index (χ1v) is 20.7. The summed E-state index contributed by atoms with van der Waals surface area (Å²) in [5.41, 5.74) is -0.158. The Morgan fingerprint density at radius 3 is 2.24 bits per heavy atom. The predicted octanol–water partition coefficient (Wildman–Crippen LogP) is 7.71. The van der Waals surface area contributed by atoms with Gasteiger partial charge < -0.3 is 13.9 Å². The number of hydrogen-bond acceptors (Lipinski definition) is 7. The van der Waals surface area contributed by atoms with Crippen LogP contribution in [0.25, 0.3) is 17.0 Å². The second kappa shape index (κ2) is 13.4. The van der Waals surface area contributed by atoms with Crippen molar-refractivity contribution < 1.29 is 28.4 Å². The van der Waals surface area contributed by atoms with E-state index in [2.05, 4.69) is 53.5 Å². The number of benzene rings is 1. The molecular weight excluding hydrogens is 571 g/mol.